The molecule has 1 aliphatic carbocycles. The van der Waals surface area contributed by atoms with E-state index in [2.05, 4.69) is 6.07 Å². The quantitative estimate of drug-likeness (QED) is 0.612. The highest BCUT2D eigenvalue weighted by Crippen LogP contribution is 2.24. The van der Waals surface area contributed by atoms with Gasteiger partial charge in [-0.1, -0.05) is 45.0 Å². The Morgan fingerprint density at radius 2 is 1.86 bits per heavy atom. The van der Waals surface area contributed by atoms with Crippen molar-refractivity contribution in [2.45, 2.75) is 33.6 Å². The summed E-state index contributed by atoms with van der Waals surface area (Å²) in [5.41, 5.74) is 2.16. The van der Waals surface area contributed by atoms with Crippen LogP contribution in [-0.2, 0) is 6.42 Å². The smallest absolute Gasteiger partial charge is 0.165 e. The fraction of sp³-hybridized carbons (Fsp3) is 0.462. The lowest BCUT2D eigenvalue weighted by Crippen LogP contribution is -2.19. The zero-order chi connectivity index (χ0) is 10.6. The Kier molecular flexibility index (Phi) is 3.87. The molecule has 0 fully saturated rings. The van der Waals surface area contributed by atoms with Gasteiger partial charge in [-0.2, -0.15) is 0 Å². The molecule has 1 atom stereocenters. The van der Waals surface area contributed by atoms with E-state index >= 15 is 0 Å². The van der Waals surface area contributed by atoms with Crippen molar-refractivity contribution in [3.05, 3.63) is 35.4 Å². The molecule has 0 saturated carbocycles. The first kappa shape index (κ1) is 11.0. The van der Waals surface area contributed by atoms with Gasteiger partial charge in [0.1, 0.15) is 0 Å². The van der Waals surface area contributed by atoms with Crippen molar-refractivity contribution in [3.63, 3.8) is 0 Å². The molecule has 0 aromatic heterocycles. The van der Waals surface area contributed by atoms with Crippen LogP contribution in [0.4, 0.5) is 0 Å². The van der Waals surface area contributed by atoms with Crippen molar-refractivity contribution >= 4 is 5.78 Å². The first-order chi connectivity index (χ1) is 6.79. The zero-order valence-corrected chi connectivity index (χ0v) is 9.21. The lowest BCUT2D eigenvalue weighted by atomic mass is 9.84. The van der Waals surface area contributed by atoms with Crippen LogP contribution in [0.15, 0.2) is 24.3 Å². The van der Waals surface area contributed by atoms with Crippen molar-refractivity contribution in [2.24, 2.45) is 5.92 Å². The number of hydrogen-bond donors (Lipinski definition) is 0. The highest BCUT2D eigenvalue weighted by Gasteiger charge is 2.22. The minimum Gasteiger partial charge on any atom is -0.294 e. The number of hydrogen-bond acceptors (Lipinski definition) is 1. The SMILES string of the molecule is CC.CC1CCc2ccccc2C1=O. The van der Waals surface area contributed by atoms with Crippen molar-refractivity contribution in [2.75, 3.05) is 0 Å². The number of Topliss-reactive ketones (excluding diaryl/α,β-unsaturated/α-hetero) is 1. The molecule has 0 spiro atoms. The van der Waals surface area contributed by atoms with Gasteiger partial charge in [-0.15, -0.1) is 0 Å². The maximum atomic E-state index is 11.6. The number of rotatable bonds is 0. The minimum absolute atomic E-state index is 0.222. The summed E-state index contributed by atoms with van der Waals surface area (Å²) >= 11 is 0. The van der Waals surface area contributed by atoms with Gasteiger partial charge < -0.3 is 0 Å². The summed E-state index contributed by atoms with van der Waals surface area (Å²) in [6.07, 6.45) is 2.07. The van der Waals surface area contributed by atoms with E-state index in [4.69, 9.17) is 0 Å². The number of benzene rings is 1. The van der Waals surface area contributed by atoms with Crippen LogP contribution in [0.25, 0.3) is 0 Å². The summed E-state index contributed by atoms with van der Waals surface area (Å²) in [6.45, 7) is 6.01. The highest BCUT2D eigenvalue weighted by molar-refractivity contribution is 5.99. The largest absolute Gasteiger partial charge is 0.294 e. The Morgan fingerprint density at radius 3 is 2.57 bits per heavy atom. The third-order valence-corrected chi connectivity index (χ3v) is 2.58. The minimum atomic E-state index is 0.222. The summed E-state index contributed by atoms with van der Waals surface area (Å²) in [6, 6.07) is 7.93. The van der Waals surface area contributed by atoms with Crippen LogP contribution >= 0.6 is 0 Å². The molecule has 0 saturated heterocycles. The fourth-order valence-corrected chi connectivity index (χ4v) is 1.75. The van der Waals surface area contributed by atoms with Gasteiger partial charge >= 0.3 is 0 Å². The van der Waals surface area contributed by atoms with Crippen molar-refractivity contribution in [3.8, 4) is 0 Å². The second-order valence-corrected chi connectivity index (χ2v) is 3.46. The molecule has 1 aromatic carbocycles. The zero-order valence-electron chi connectivity index (χ0n) is 9.21. The molecule has 2 rings (SSSR count). The second-order valence-electron chi connectivity index (χ2n) is 3.46. The normalized spacial score (nSPS) is 19.4. The van der Waals surface area contributed by atoms with E-state index < -0.39 is 0 Å². The van der Waals surface area contributed by atoms with Gasteiger partial charge in [-0.05, 0) is 18.4 Å². The molecule has 0 heterocycles. The number of aryl methyl sites for hydroxylation is 1. The number of carbonyl (C=O) groups excluding carboxylic acids is 1. The number of fused-ring (bicyclic) bond motifs is 1. The molecule has 0 aliphatic heterocycles. The summed E-state index contributed by atoms with van der Waals surface area (Å²) in [7, 11) is 0. The molecule has 1 heteroatoms. The maximum absolute atomic E-state index is 11.6. The monoisotopic (exact) mass is 190 g/mol. The van der Waals surface area contributed by atoms with Gasteiger partial charge in [-0.3, -0.25) is 4.79 Å². The first-order valence-electron chi connectivity index (χ1n) is 5.41. The van der Waals surface area contributed by atoms with E-state index in [-0.39, 0.29) is 5.92 Å². The molecule has 0 radical (unpaired) electrons. The predicted molar refractivity (Wildman–Crippen MR) is 59.6 cm³/mol. The van der Waals surface area contributed by atoms with Gasteiger partial charge in [0.15, 0.2) is 5.78 Å². The summed E-state index contributed by atoms with van der Waals surface area (Å²) in [4.78, 5) is 11.6. The number of carbonyl (C=O) groups is 1. The van der Waals surface area contributed by atoms with Gasteiger partial charge in [0.05, 0.1) is 0 Å². The third-order valence-electron chi connectivity index (χ3n) is 2.58. The summed E-state index contributed by atoms with van der Waals surface area (Å²) < 4.78 is 0. The molecule has 1 aliphatic rings. The summed E-state index contributed by atoms with van der Waals surface area (Å²) in [5, 5.41) is 0. The molecule has 1 aromatic rings. The van der Waals surface area contributed by atoms with Crippen molar-refractivity contribution in [1.29, 1.82) is 0 Å². The molecular formula is C13H18O. The first-order valence-corrected chi connectivity index (χ1v) is 5.41. The third kappa shape index (κ3) is 2.03. The highest BCUT2D eigenvalue weighted by atomic mass is 16.1. The van der Waals surface area contributed by atoms with E-state index in [0.717, 1.165) is 18.4 Å². The Labute approximate surface area is 86.1 Å². The predicted octanol–water partition coefficient (Wildman–Crippen LogP) is 3.48. The van der Waals surface area contributed by atoms with Crippen LogP contribution in [0.2, 0.25) is 0 Å². The van der Waals surface area contributed by atoms with E-state index in [1.807, 2.05) is 39.0 Å². The Balaban J connectivity index is 0.000000461. The molecule has 14 heavy (non-hydrogen) atoms. The second kappa shape index (κ2) is 4.94. The molecule has 0 N–H and O–H groups in total. The van der Waals surface area contributed by atoms with Crippen LogP contribution in [0.3, 0.4) is 0 Å². The maximum Gasteiger partial charge on any atom is 0.165 e. The van der Waals surface area contributed by atoms with E-state index in [0.29, 0.717) is 5.78 Å². The molecule has 0 bridgehead atoms. The lowest BCUT2D eigenvalue weighted by Gasteiger charge is -2.19. The van der Waals surface area contributed by atoms with E-state index in [9.17, 15) is 4.79 Å². The van der Waals surface area contributed by atoms with Gasteiger partial charge in [0.25, 0.3) is 0 Å². The van der Waals surface area contributed by atoms with Gasteiger partial charge in [-0.25, -0.2) is 0 Å². The molecular weight excluding hydrogens is 172 g/mol. The van der Waals surface area contributed by atoms with Crippen LogP contribution in [0, 0.1) is 5.92 Å². The molecule has 1 nitrogen and oxygen atoms in total. The van der Waals surface area contributed by atoms with Gasteiger partial charge in [0.2, 0.25) is 0 Å². The average Bonchev–Trinajstić information content (AvgIpc) is 2.27. The fourth-order valence-electron chi connectivity index (χ4n) is 1.75. The van der Waals surface area contributed by atoms with E-state index in [1.165, 1.54) is 5.56 Å². The van der Waals surface area contributed by atoms with Crippen LogP contribution in [-0.4, -0.2) is 5.78 Å². The van der Waals surface area contributed by atoms with E-state index in [1.54, 1.807) is 0 Å². The van der Waals surface area contributed by atoms with Crippen LogP contribution in [0.5, 0.6) is 0 Å². The number of ketones is 1. The standard InChI is InChI=1S/C11H12O.C2H6/c1-8-6-7-9-4-2-3-5-10(9)11(8)12;1-2/h2-5,8H,6-7H2,1H3;1-2H3. The van der Waals surface area contributed by atoms with Crippen molar-refractivity contribution in [1.82, 2.24) is 0 Å². The Morgan fingerprint density at radius 1 is 1.21 bits per heavy atom. The molecule has 0 amide bonds. The Hall–Kier alpha value is -1.11. The van der Waals surface area contributed by atoms with Crippen LogP contribution < -0.4 is 0 Å². The topological polar surface area (TPSA) is 17.1 Å². The van der Waals surface area contributed by atoms with Crippen LogP contribution in [0.1, 0.15) is 43.1 Å². The van der Waals surface area contributed by atoms with Gasteiger partial charge in [0, 0.05) is 11.5 Å². The Bertz CT molecular complexity index is 315. The summed E-state index contributed by atoms with van der Waals surface area (Å²) in [5.74, 6) is 0.539. The lowest BCUT2D eigenvalue weighted by molar-refractivity contribution is 0.0913. The molecule has 76 valence electrons. The van der Waals surface area contributed by atoms with Crippen molar-refractivity contribution < 1.29 is 4.79 Å². The molecule has 1 unspecified atom stereocenters. The average molecular weight is 190 g/mol.